The first-order valence-corrected chi connectivity index (χ1v) is 7.72. The SMILES string of the molecule is CCC(CC)(CBr)CNC(=O)CC1CCCO1. The van der Waals surface area contributed by atoms with Gasteiger partial charge in [-0.1, -0.05) is 29.8 Å². The van der Waals surface area contributed by atoms with Crippen LogP contribution in [0.2, 0.25) is 0 Å². The summed E-state index contributed by atoms with van der Waals surface area (Å²) in [6.07, 6.45) is 4.94. The van der Waals surface area contributed by atoms with Crippen LogP contribution in [0.15, 0.2) is 0 Å². The molecule has 0 spiro atoms. The molecule has 1 saturated heterocycles. The van der Waals surface area contributed by atoms with Gasteiger partial charge in [0.2, 0.25) is 5.91 Å². The number of nitrogens with one attached hydrogen (secondary N) is 1. The van der Waals surface area contributed by atoms with Gasteiger partial charge < -0.3 is 10.1 Å². The number of carbonyl (C=O) groups excluding carboxylic acids is 1. The van der Waals surface area contributed by atoms with Crippen molar-refractivity contribution >= 4 is 21.8 Å². The number of alkyl halides is 1. The monoisotopic (exact) mass is 305 g/mol. The lowest BCUT2D eigenvalue weighted by molar-refractivity contribution is -0.123. The van der Waals surface area contributed by atoms with Gasteiger partial charge in [0.15, 0.2) is 0 Å². The molecule has 3 nitrogen and oxygen atoms in total. The van der Waals surface area contributed by atoms with Crippen molar-refractivity contribution in [2.24, 2.45) is 5.41 Å². The second kappa shape index (κ2) is 7.37. The first-order chi connectivity index (χ1) is 8.15. The first-order valence-electron chi connectivity index (χ1n) is 6.60. The summed E-state index contributed by atoms with van der Waals surface area (Å²) in [4.78, 5) is 11.8. The topological polar surface area (TPSA) is 38.3 Å². The van der Waals surface area contributed by atoms with Crippen molar-refractivity contribution in [3.8, 4) is 0 Å². The number of rotatable bonds is 7. The van der Waals surface area contributed by atoms with Crippen molar-refractivity contribution in [2.45, 2.75) is 52.1 Å². The normalized spacial score (nSPS) is 20.5. The third-order valence-electron chi connectivity index (χ3n) is 3.88. The van der Waals surface area contributed by atoms with Gasteiger partial charge in [0, 0.05) is 18.5 Å². The Balaban J connectivity index is 2.30. The molecule has 1 unspecified atom stereocenters. The van der Waals surface area contributed by atoms with Gasteiger partial charge in [-0.05, 0) is 31.1 Å². The van der Waals surface area contributed by atoms with Crippen molar-refractivity contribution in [1.82, 2.24) is 5.32 Å². The third kappa shape index (κ3) is 4.59. The molecule has 1 heterocycles. The molecule has 0 saturated carbocycles. The van der Waals surface area contributed by atoms with Crippen LogP contribution < -0.4 is 5.32 Å². The lowest BCUT2D eigenvalue weighted by Crippen LogP contribution is -2.39. The van der Waals surface area contributed by atoms with Crippen LogP contribution in [0.1, 0.15) is 46.0 Å². The summed E-state index contributed by atoms with van der Waals surface area (Å²) in [7, 11) is 0. The molecule has 0 bridgehead atoms. The highest BCUT2D eigenvalue weighted by molar-refractivity contribution is 9.09. The fourth-order valence-electron chi connectivity index (χ4n) is 2.11. The highest BCUT2D eigenvalue weighted by Crippen LogP contribution is 2.27. The summed E-state index contributed by atoms with van der Waals surface area (Å²) < 4.78 is 5.46. The quantitative estimate of drug-likeness (QED) is 0.735. The van der Waals surface area contributed by atoms with Gasteiger partial charge >= 0.3 is 0 Å². The Morgan fingerprint density at radius 2 is 2.18 bits per heavy atom. The van der Waals surface area contributed by atoms with E-state index >= 15 is 0 Å². The van der Waals surface area contributed by atoms with Crippen LogP contribution in [0.25, 0.3) is 0 Å². The average Bonchev–Trinajstić information content (AvgIpc) is 2.84. The molecule has 1 amide bonds. The lowest BCUT2D eigenvalue weighted by atomic mass is 9.84. The first kappa shape index (κ1) is 15.0. The van der Waals surface area contributed by atoms with Crippen molar-refractivity contribution in [3.63, 3.8) is 0 Å². The maximum absolute atomic E-state index is 11.8. The number of hydrogen-bond acceptors (Lipinski definition) is 2. The van der Waals surface area contributed by atoms with E-state index in [1.165, 1.54) is 0 Å². The Bertz CT molecular complexity index is 227. The molecule has 100 valence electrons. The van der Waals surface area contributed by atoms with E-state index in [0.29, 0.717) is 6.42 Å². The van der Waals surface area contributed by atoms with E-state index in [2.05, 4.69) is 35.1 Å². The van der Waals surface area contributed by atoms with E-state index in [1.807, 2.05) is 0 Å². The molecule has 0 aromatic heterocycles. The highest BCUT2D eigenvalue weighted by atomic mass is 79.9. The molecule has 0 aromatic rings. The Labute approximate surface area is 113 Å². The predicted octanol–water partition coefficient (Wildman–Crippen LogP) is 2.87. The lowest BCUT2D eigenvalue weighted by Gasteiger charge is -2.29. The molecule has 1 N–H and O–H groups in total. The fraction of sp³-hybridized carbons (Fsp3) is 0.923. The predicted molar refractivity (Wildman–Crippen MR) is 73.4 cm³/mol. The van der Waals surface area contributed by atoms with Crippen LogP contribution in [0.4, 0.5) is 0 Å². The van der Waals surface area contributed by atoms with E-state index in [1.54, 1.807) is 0 Å². The number of halogens is 1. The summed E-state index contributed by atoms with van der Waals surface area (Å²) in [6, 6.07) is 0. The Hall–Kier alpha value is -0.0900. The number of carbonyl (C=O) groups is 1. The largest absolute Gasteiger partial charge is 0.378 e. The van der Waals surface area contributed by atoms with Gasteiger partial charge in [-0.3, -0.25) is 4.79 Å². The fourth-order valence-corrected chi connectivity index (χ4v) is 3.10. The third-order valence-corrected chi connectivity index (χ3v) is 5.07. The van der Waals surface area contributed by atoms with E-state index in [4.69, 9.17) is 4.74 Å². The van der Waals surface area contributed by atoms with Crippen LogP contribution in [-0.4, -0.2) is 30.5 Å². The molecule has 17 heavy (non-hydrogen) atoms. The van der Waals surface area contributed by atoms with Gasteiger partial charge in [-0.2, -0.15) is 0 Å². The summed E-state index contributed by atoms with van der Waals surface area (Å²) >= 11 is 3.56. The Kier molecular flexibility index (Phi) is 6.49. The summed E-state index contributed by atoms with van der Waals surface area (Å²) in [6.45, 7) is 5.93. The maximum atomic E-state index is 11.8. The smallest absolute Gasteiger partial charge is 0.222 e. The van der Waals surface area contributed by atoms with Crippen LogP contribution >= 0.6 is 15.9 Å². The van der Waals surface area contributed by atoms with E-state index in [-0.39, 0.29) is 17.4 Å². The van der Waals surface area contributed by atoms with Crippen molar-refractivity contribution < 1.29 is 9.53 Å². The van der Waals surface area contributed by atoms with Crippen molar-refractivity contribution in [1.29, 1.82) is 0 Å². The van der Waals surface area contributed by atoms with Crippen molar-refractivity contribution in [3.05, 3.63) is 0 Å². The van der Waals surface area contributed by atoms with Crippen LogP contribution in [0.3, 0.4) is 0 Å². The van der Waals surface area contributed by atoms with Gasteiger partial charge in [-0.25, -0.2) is 0 Å². The molecular weight excluding hydrogens is 282 g/mol. The molecule has 0 radical (unpaired) electrons. The average molecular weight is 306 g/mol. The minimum atomic E-state index is 0.129. The van der Waals surface area contributed by atoms with E-state index < -0.39 is 0 Å². The van der Waals surface area contributed by atoms with Crippen LogP contribution in [0, 0.1) is 5.41 Å². The Morgan fingerprint density at radius 3 is 2.65 bits per heavy atom. The van der Waals surface area contributed by atoms with Crippen molar-refractivity contribution in [2.75, 3.05) is 18.5 Å². The zero-order valence-electron chi connectivity index (χ0n) is 10.9. The van der Waals surface area contributed by atoms with Crippen LogP contribution in [-0.2, 0) is 9.53 Å². The molecule has 1 rings (SSSR count). The molecule has 0 aliphatic carbocycles. The number of hydrogen-bond donors (Lipinski definition) is 1. The maximum Gasteiger partial charge on any atom is 0.222 e. The summed E-state index contributed by atoms with van der Waals surface area (Å²) in [5, 5.41) is 3.99. The molecule has 1 fully saturated rings. The summed E-state index contributed by atoms with van der Waals surface area (Å²) in [5.74, 6) is 0.129. The zero-order chi connectivity index (χ0) is 12.7. The second-order valence-electron chi connectivity index (χ2n) is 4.96. The molecule has 1 aliphatic heterocycles. The van der Waals surface area contributed by atoms with Gasteiger partial charge in [-0.15, -0.1) is 0 Å². The van der Waals surface area contributed by atoms with E-state index in [0.717, 1.165) is 44.2 Å². The number of ether oxygens (including phenoxy) is 1. The molecule has 1 aliphatic rings. The van der Waals surface area contributed by atoms with Gasteiger partial charge in [0.05, 0.1) is 12.5 Å². The Morgan fingerprint density at radius 1 is 1.47 bits per heavy atom. The zero-order valence-corrected chi connectivity index (χ0v) is 12.5. The second-order valence-corrected chi connectivity index (χ2v) is 5.52. The standard InChI is InChI=1S/C13H24BrNO2/c1-3-13(4-2,9-14)10-15-12(16)8-11-6-5-7-17-11/h11H,3-10H2,1-2H3,(H,15,16). The molecule has 1 atom stereocenters. The minimum Gasteiger partial charge on any atom is -0.378 e. The van der Waals surface area contributed by atoms with Gasteiger partial charge in [0.1, 0.15) is 0 Å². The molecule has 4 heteroatoms. The summed E-state index contributed by atoms with van der Waals surface area (Å²) in [5.41, 5.74) is 0.201. The van der Waals surface area contributed by atoms with Crippen LogP contribution in [0.5, 0.6) is 0 Å². The minimum absolute atomic E-state index is 0.129. The highest BCUT2D eigenvalue weighted by Gasteiger charge is 2.26. The van der Waals surface area contributed by atoms with Gasteiger partial charge in [0.25, 0.3) is 0 Å². The molecular formula is C13H24BrNO2. The van der Waals surface area contributed by atoms with E-state index in [9.17, 15) is 4.79 Å². The number of amides is 1. The molecule has 0 aromatic carbocycles.